The van der Waals surface area contributed by atoms with E-state index in [4.69, 9.17) is 16.2 Å². The summed E-state index contributed by atoms with van der Waals surface area (Å²) < 4.78 is 4.98. The van der Waals surface area contributed by atoms with E-state index in [-0.39, 0.29) is 11.4 Å². The molecule has 2 amide bonds. The molecule has 0 spiro atoms. The molecule has 0 unspecified atom stereocenters. The molecule has 0 atom stereocenters. The van der Waals surface area contributed by atoms with Crippen LogP contribution in [0, 0.1) is 0 Å². The minimum absolute atomic E-state index is 0.335. The van der Waals surface area contributed by atoms with Gasteiger partial charge in [0.2, 0.25) is 0 Å². The zero-order valence-electron chi connectivity index (χ0n) is 9.94. The van der Waals surface area contributed by atoms with Crippen molar-refractivity contribution >= 4 is 17.8 Å². The normalized spacial score (nSPS) is 16.8. The fourth-order valence-corrected chi connectivity index (χ4v) is 1.26. The largest absolute Gasteiger partial charge is 0.459 e. The van der Waals surface area contributed by atoms with E-state index in [1.165, 1.54) is 0 Å². The smallest absolute Gasteiger partial charge is 0.326 e. The second-order valence-electron chi connectivity index (χ2n) is 4.61. The van der Waals surface area contributed by atoms with E-state index >= 15 is 0 Å². The molecule has 0 saturated carbocycles. The highest BCUT2D eigenvalue weighted by atomic mass is 16.6. The molecule has 0 radical (unpaired) electrons. The monoisotopic (exact) mass is 241 g/mol. The first-order valence-corrected chi connectivity index (χ1v) is 4.96. The molecule has 0 aliphatic carbocycles. The molecule has 0 fully saturated rings. The minimum atomic E-state index is -0.765. The molecule has 4 N–H and O–H groups in total. The van der Waals surface area contributed by atoms with E-state index in [0.717, 1.165) is 0 Å². The highest BCUT2D eigenvalue weighted by Crippen LogP contribution is 2.14. The maximum Gasteiger partial charge on any atom is 0.326 e. The Bertz CT molecular complexity index is 396. The highest BCUT2D eigenvalue weighted by molar-refractivity contribution is 6.19. The van der Waals surface area contributed by atoms with E-state index in [1.54, 1.807) is 20.8 Å². The summed E-state index contributed by atoms with van der Waals surface area (Å²) in [5, 5.41) is 0. The third-order valence-corrected chi connectivity index (χ3v) is 1.95. The van der Waals surface area contributed by atoms with Crippen molar-refractivity contribution in [3.8, 4) is 0 Å². The molecule has 1 heterocycles. The fraction of sp³-hybridized carbons (Fsp3) is 0.500. The van der Waals surface area contributed by atoms with Crippen molar-refractivity contribution in [1.82, 2.24) is 4.90 Å². The van der Waals surface area contributed by atoms with Crippen molar-refractivity contribution < 1.29 is 19.1 Å². The second kappa shape index (κ2) is 4.08. The maximum absolute atomic E-state index is 11.5. The zero-order chi connectivity index (χ0) is 13.4. The topological polar surface area (TPSA) is 116 Å². The van der Waals surface area contributed by atoms with Gasteiger partial charge in [-0.2, -0.15) is 0 Å². The molecular weight excluding hydrogens is 226 g/mol. The molecule has 1 aliphatic rings. The van der Waals surface area contributed by atoms with Crippen LogP contribution in [-0.2, 0) is 19.1 Å². The molecule has 7 heteroatoms. The Labute approximate surface area is 98.4 Å². The quantitative estimate of drug-likeness (QED) is 0.464. The lowest BCUT2D eigenvalue weighted by Crippen LogP contribution is -2.40. The van der Waals surface area contributed by atoms with Gasteiger partial charge < -0.3 is 16.2 Å². The van der Waals surface area contributed by atoms with E-state index in [0.29, 0.717) is 4.90 Å². The number of carbonyl (C=O) groups is 3. The van der Waals surface area contributed by atoms with Gasteiger partial charge in [-0.1, -0.05) is 0 Å². The van der Waals surface area contributed by atoms with Gasteiger partial charge in [-0.3, -0.25) is 19.3 Å². The Morgan fingerprint density at radius 1 is 1.18 bits per heavy atom. The molecule has 0 aromatic carbocycles. The van der Waals surface area contributed by atoms with Crippen LogP contribution in [0.5, 0.6) is 0 Å². The van der Waals surface area contributed by atoms with Gasteiger partial charge in [0, 0.05) is 0 Å². The zero-order valence-corrected chi connectivity index (χ0v) is 9.94. The Hall–Kier alpha value is -2.05. The van der Waals surface area contributed by atoms with Crippen molar-refractivity contribution in [2.45, 2.75) is 26.4 Å². The number of hydrogen-bond acceptors (Lipinski definition) is 6. The Balaban J connectivity index is 2.70. The third-order valence-electron chi connectivity index (χ3n) is 1.95. The van der Waals surface area contributed by atoms with Gasteiger partial charge in [0.05, 0.1) is 0 Å². The van der Waals surface area contributed by atoms with Gasteiger partial charge in [-0.15, -0.1) is 0 Å². The molecule has 7 nitrogen and oxygen atoms in total. The summed E-state index contributed by atoms with van der Waals surface area (Å²) in [6, 6.07) is 0. The average molecular weight is 241 g/mol. The number of imide groups is 1. The maximum atomic E-state index is 11.5. The first-order chi connectivity index (χ1) is 7.63. The summed E-state index contributed by atoms with van der Waals surface area (Å²) in [5.74, 6) is -2.22. The van der Waals surface area contributed by atoms with Crippen LogP contribution in [0.4, 0.5) is 0 Å². The number of amides is 2. The SMILES string of the molecule is CC(C)(C)OC(=O)CN1C(=O)C(N)=C(N)C1=O. The number of nitrogens with zero attached hydrogens (tertiary/aromatic N) is 1. The predicted octanol–water partition coefficient (Wildman–Crippen LogP) is -1.17. The standard InChI is InChI=1S/C10H15N3O4/c1-10(2,3)17-5(14)4-13-8(15)6(11)7(12)9(13)16/h4,11-12H2,1-3H3. The van der Waals surface area contributed by atoms with E-state index < -0.39 is 29.9 Å². The molecular formula is C10H15N3O4. The molecule has 0 saturated heterocycles. The van der Waals surface area contributed by atoms with Crippen LogP contribution < -0.4 is 11.5 Å². The Kier molecular flexibility index (Phi) is 3.12. The van der Waals surface area contributed by atoms with Crippen molar-refractivity contribution in [3.05, 3.63) is 11.4 Å². The van der Waals surface area contributed by atoms with Gasteiger partial charge in [0.25, 0.3) is 11.8 Å². The van der Waals surface area contributed by atoms with Crippen LogP contribution >= 0.6 is 0 Å². The molecule has 1 rings (SSSR count). The molecule has 0 aromatic rings. The molecule has 94 valence electrons. The molecule has 1 aliphatic heterocycles. The number of hydrogen-bond donors (Lipinski definition) is 2. The number of esters is 1. The first-order valence-electron chi connectivity index (χ1n) is 4.96. The number of ether oxygens (including phenoxy) is 1. The Morgan fingerprint density at radius 3 is 1.94 bits per heavy atom. The lowest BCUT2D eigenvalue weighted by molar-refractivity contribution is -0.160. The van der Waals surface area contributed by atoms with E-state index in [2.05, 4.69) is 0 Å². The number of rotatable bonds is 2. The van der Waals surface area contributed by atoms with Gasteiger partial charge in [0.15, 0.2) is 0 Å². The van der Waals surface area contributed by atoms with Crippen molar-refractivity contribution in [2.75, 3.05) is 6.54 Å². The van der Waals surface area contributed by atoms with Crippen LogP contribution in [0.2, 0.25) is 0 Å². The van der Waals surface area contributed by atoms with Gasteiger partial charge in [0.1, 0.15) is 23.5 Å². The van der Waals surface area contributed by atoms with Crippen LogP contribution in [-0.4, -0.2) is 34.8 Å². The lowest BCUT2D eigenvalue weighted by atomic mass is 10.2. The van der Waals surface area contributed by atoms with Crippen LogP contribution in [0.1, 0.15) is 20.8 Å². The predicted molar refractivity (Wildman–Crippen MR) is 58.0 cm³/mol. The highest BCUT2D eigenvalue weighted by Gasteiger charge is 2.37. The van der Waals surface area contributed by atoms with Gasteiger partial charge >= 0.3 is 5.97 Å². The second-order valence-corrected chi connectivity index (χ2v) is 4.61. The van der Waals surface area contributed by atoms with Gasteiger partial charge in [-0.05, 0) is 20.8 Å². The summed E-state index contributed by atoms with van der Waals surface area (Å²) in [6.45, 7) is 4.55. The summed E-state index contributed by atoms with van der Waals surface area (Å²) in [6.07, 6.45) is 0. The number of carbonyl (C=O) groups excluding carboxylic acids is 3. The average Bonchev–Trinajstić information content (AvgIpc) is 2.33. The summed E-state index contributed by atoms with van der Waals surface area (Å²) in [4.78, 5) is 35.0. The van der Waals surface area contributed by atoms with Crippen LogP contribution in [0.15, 0.2) is 11.4 Å². The van der Waals surface area contributed by atoms with Crippen molar-refractivity contribution in [2.24, 2.45) is 11.5 Å². The lowest BCUT2D eigenvalue weighted by Gasteiger charge is -2.21. The molecule has 0 aromatic heterocycles. The first kappa shape index (κ1) is 13.0. The van der Waals surface area contributed by atoms with E-state index in [9.17, 15) is 14.4 Å². The van der Waals surface area contributed by atoms with Gasteiger partial charge in [-0.25, -0.2) is 0 Å². The fourth-order valence-electron chi connectivity index (χ4n) is 1.26. The van der Waals surface area contributed by atoms with Crippen molar-refractivity contribution in [3.63, 3.8) is 0 Å². The van der Waals surface area contributed by atoms with Crippen LogP contribution in [0.25, 0.3) is 0 Å². The van der Waals surface area contributed by atoms with Crippen LogP contribution in [0.3, 0.4) is 0 Å². The van der Waals surface area contributed by atoms with E-state index in [1.807, 2.05) is 0 Å². The molecule has 17 heavy (non-hydrogen) atoms. The number of nitrogens with two attached hydrogens (primary N) is 2. The summed E-state index contributed by atoms with van der Waals surface area (Å²) >= 11 is 0. The van der Waals surface area contributed by atoms with Crippen molar-refractivity contribution in [1.29, 1.82) is 0 Å². The third kappa shape index (κ3) is 2.74. The summed E-state index contributed by atoms with van der Waals surface area (Å²) in [5.41, 5.74) is 9.24. The molecule has 0 bridgehead atoms. The summed E-state index contributed by atoms with van der Waals surface area (Å²) in [7, 11) is 0. The minimum Gasteiger partial charge on any atom is -0.459 e. The Morgan fingerprint density at radius 2 is 1.59 bits per heavy atom.